The van der Waals surface area contributed by atoms with Gasteiger partial charge in [-0.05, 0) is 37.5 Å². The highest BCUT2D eigenvalue weighted by molar-refractivity contribution is 5.81. The molecule has 0 heterocycles. The molecule has 1 aromatic carbocycles. The first-order valence-electron chi connectivity index (χ1n) is 7.25. The van der Waals surface area contributed by atoms with Crippen molar-refractivity contribution in [3.05, 3.63) is 29.8 Å². The van der Waals surface area contributed by atoms with E-state index in [9.17, 15) is 4.79 Å². The molecule has 0 saturated heterocycles. The van der Waals surface area contributed by atoms with E-state index in [1.807, 2.05) is 38.1 Å². The molecular weight excluding hydrogens is 252 g/mol. The van der Waals surface area contributed by atoms with Crippen LogP contribution in [0.25, 0.3) is 0 Å². The summed E-state index contributed by atoms with van der Waals surface area (Å²) in [6.45, 7) is 10.1. The van der Waals surface area contributed by atoms with E-state index < -0.39 is 0 Å². The lowest BCUT2D eigenvalue weighted by Crippen LogP contribution is -2.42. The monoisotopic (exact) mass is 278 g/mol. The number of carbonyl (C=O) groups excluding carboxylic acids is 1. The fraction of sp³-hybridized carbons (Fsp3) is 0.562. The molecule has 0 aliphatic carbocycles. The van der Waals surface area contributed by atoms with Gasteiger partial charge in [0.1, 0.15) is 5.75 Å². The Bertz CT molecular complexity index is 401. The van der Waals surface area contributed by atoms with E-state index in [1.54, 1.807) is 0 Å². The molecule has 0 radical (unpaired) electrons. The zero-order valence-electron chi connectivity index (χ0n) is 12.9. The number of hydrogen-bond donors (Lipinski definition) is 2. The molecule has 0 fully saturated rings. The zero-order chi connectivity index (χ0) is 15.0. The summed E-state index contributed by atoms with van der Waals surface area (Å²) in [5, 5.41) is 6.14. The van der Waals surface area contributed by atoms with Gasteiger partial charge in [-0.15, -0.1) is 0 Å². The average Bonchev–Trinajstić information content (AvgIpc) is 2.44. The second-order valence-electron chi connectivity index (χ2n) is 5.32. The first-order valence-corrected chi connectivity index (χ1v) is 7.25. The van der Waals surface area contributed by atoms with Gasteiger partial charge in [0.05, 0.1) is 12.6 Å². The van der Waals surface area contributed by atoms with E-state index in [1.165, 1.54) is 0 Å². The van der Waals surface area contributed by atoms with Gasteiger partial charge in [-0.25, -0.2) is 0 Å². The van der Waals surface area contributed by atoms with Gasteiger partial charge in [-0.3, -0.25) is 4.79 Å². The van der Waals surface area contributed by atoms with Crippen LogP contribution < -0.4 is 15.4 Å². The Balaban J connectivity index is 2.36. The third-order valence-corrected chi connectivity index (χ3v) is 2.92. The summed E-state index contributed by atoms with van der Waals surface area (Å²) in [5.74, 6) is 1.39. The van der Waals surface area contributed by atoms with Crippen LogP contribution in [0.1, 0.15) is 33.3 Å². The van der Waals surface area contributed by atoms with Crippen molar-refractivity contribution in [3.63, 3.8) is 0 Å². The molecule has 2 N–H and O–H groups in total. The molecule has 0 aliphatic rings. The molecule has 4 nitrogen and oxygen atoms in total. The lowest BCUT2D eigenvalue weighted by Gasteiger charge is -2.15. The van der Waals surface area contributed by atoms with Crippen molar-refractivity contribution in [3.8, 4) is 5.75 Å². The molecule has 0 aromatic heterocycles. The fourth-order valence-electron chi connectivity index (χ4n) is 1.69. The normalized spacial score (nSPS) is 12.2. The molecule has 112 valence electrons. The Morgan fingerprint density at radius 3 is 2.40 bits per heavy atom. The number of nitrogens with one attached hydrogen (secondary N) is 2. The summed E-state index contributed by atoms with van der Waals surface area (Å²) < 4.78 is 5.39. The van der Waals surface area contributed by atoms with Gasteiger partial charge in [0, 0.05) is 13.1 Å². The lowest BCUT2D eigenvalue weighted by molar-refractivity contribution is -0.122. The molecule has 1 atom stereocenters. The van der Waals surface area contributed by atoms with E-state index >= 15 is 0 Å². The third kappa shape index (κ3) is 6.06. The quantitative estimate of drug-likeness (QED) is 0.767. The number of benzene rings is 1. The summed E-state index contributed by atoms with van der Waals surface area (Å²) >= 11 is 0. The molecule has 4 heteroatoms. The summed E-state index contributed by atoms with van der Waals surface area (Å²) in [6, 6.07) is 7.72. The number of amides is 1. The molecule has 1 amide bonds. The van der Waals surface area contributed by atoms with Crippen molar-refractivity contribution in [2.24, 2.45) is 5.92 Å². The Morgan fingerprint density at radius 1 is 1.20 bits per heavy atom. The first-order chi connectivity index (χ1) is 9.52. The van der Waals surface area contributed by atoms with Gasteiger partial charge >= 0.3 is 0 Å². The van der Waals surface area contributed by atoms with Crippen LogP contribution in [0.3, 0.4) is 0 Å². The van der Waals surface area contributed by atoms with E-state index in [0.717, 1.165) is 11.3 Å². The largest absolute Gasteiger partial charge is 0.494 e. The van der Waals surface area contributed by atoms with Gasteiger partial charge in [0.15, 0.2) is 0 Å². The molecule has 1 rings (SSSR count). The predicted octanol–water partition coefficient (Wildman–Crippen LogP) is 2.34. The summed E-state index contributed by atoms with van der Waals surface area (Å²) in [6.07, 6.45) is 0. The van der Waals surface area contributed by atoms with E-state index in [2.05, 4.69) is 24.5 Å². The number of ether oxygens (including phenoxy) is 1. The van der Waals surface area contributed by atoms with Crippen molar-refractivity contribution in [1.29, 1.82) is 0 Å². The van der Waals surface area contributed by atoms with Crippen LogP contribution in [0.15, 0.2) is 24.3 Å². The maximum Gasteiger partial charge on any atom is 0.236 e. The summed E-state index contributed by atoms with van der Waals surface area (Å²) in [5.41, 5.74) is 1.14. The van der Waals surface area contributed by atoms with Gasteiger partial charge in [0.25, 0.3) is 0 Å². The van der Waals surface area contributed by atoms with Crippen LogP contribution in [0.4, 0.5) is 0 Å². The first kappa shape index (κ1) is 16.5. The number of carbonyl (C=O) groups is 1. The second-order valence-corrected chi connectivity index (χ2v) is 5.32. The van der Waals surface area contributed by atoms with Crippen LogP contribution in [0.2, 0.25) is 0 Å². The third-order valence-electron chi connectivity index (χ3n) is 2.92. The van der Waals surface area contributed by atoms with Crippen LogP contribution in [-0.4, -0.2) is 25.1 Å². The topological polar surface area (TPSA) is 50.4 Å². The number of hydrogen-bond acceptors (Lipinski definition) is 3. The minimum Gasteiger partial charge on any atom is -0.494 e. The molecule has 0 spiro atoms. The Hall–Kier alpha value is -1.55. The second kappa shape index (κ2) is 8.59. The highest BCUT2D eigenvalue weighted by Gasteiger charge is 2.11. The maximum atomic E-state index is 11.8. The molecule has 0 aliphatic heterocycles. The van der Waals surface area contributed by atoms with Crippen molar-refractivity contribution in [2.75, 3.05) is 13.2 Å². The standard InChI is InChI=1S/C16H26N2O2/c1-5-20-15-8-6-14(7-9-15)11-17-13(4)16(19)18-10-12(2)3/h6-9,12-13,17H,5,10-11H2,1-4H3,(H,18,19). The molecule has 0 saturated carbocycles. The molecule has 1 unspecified atom stereocenters. The zero-order valence-corrected chi connectivity index (χ0v) is 12.9. The van der Waals surface area contributed by atoms with Crippen molar-refractivity contribution >= 4 is 5.91 Å². The van der Waals surface area contributed by atoms with Crippen LogP contribution in [-0.2, 0) is 11.3 Å². The van der Waals surface area contributed by atoms with Crippen molar-refractivity contribution < 1.29 is 9.53 Å². The van der Waals surface area contributed by atoms with Crippen molar-refractivity contribution in [2.45, 2.75) is 40.3 Å². The van der Waals surface area contributed by atoms with Gasteiger partial charge in [-0.2, -0.15) is 0 Å². The van der Waals surface area contributed by atoms with Gasteiger partial charge in [0.2, 0.25) is 5.91 Å². The fourth-order valence-corrected chi connectivity index (χ4v) is 1.69. The molecule has 0 bridgehead atoms. The minimum absolute atomic E-state index is 0.0460. The Morgan fingerprint density at radius 2 is 1.85 bits per heavy atom. The van der Waals surface area contributed by atoms with E-state index in [-0.39, 0.29) is 11.9 Å². The van der Waals surface area contributed by atoms with Crippen LogP contribution in [0.5, 0.6) is 5.75 Å². The Kier molecular flexibility index (Phi) is 7.09. The summed E-state index contributed by atoms with van der Waals surface area (Å²) in [7, 11) is 0. The van der Waals surface area contributed by atoms with Crippen LogP contribution >= 0.6 is 0 Å². The highest BCUT2D eigenvalue weighted by Crippen LogP contribution is 2.11. The SMILES string of the molecule is CCOc1ccc(CNC(C)C(=O)NCC(C)C)cc1. The van der Waals surface area contributed by atoms with Gasteiger partial charge < -0.3 is 15.4 Å². The van der Waals surface area contributed by atoms with Gasteiger partial charge in [-0.1, -0.05) is 26.0 Å². The van der Waals surface area contributed by atoms with E-state index in [4.69, 9.17) is 4.74 Å². The Labute approximate surface area is 121 Å². The summed E-state index contributed by atoms with van der Waals surface area (Å²) in [4.78, 5) is 11.8. The average molecular weight is 278 g/mol. The molecule has 20 heavy (non-hydrogen) atoms. The maximum absolute atomic E-state index is 11.8. The highest BCUT2D eigenvalue weighted by atomic mass is 16.5. The van der Waals surface area contributed by atoms with E-state index in [0.29, 0.717) is 25.6 Å². The smallest absolute Gasteiger partial charge is 0.236 e. The lowest BCUT2D eigenvalue weighted by atomic mass is 10.2. The van der Waals surface area contributed by atoms with Crippen molar-refractivity contribution in [1.82, 2.24) is 10.6 Å². The number of rotatable bonds is 8. The van der Waals surface area contributed by atoms with Crippen LogP contribution in [0, 0.1) is 5.92 Å². The predicted molar refractivity (Wildman–Crippen MR) is 81.8 cm³/mol. The molecule has 1 aromatic rings. The molecular formula is C16H26N2O2. The minimum atomic E-state index is -0.194.